The number of anilines is 1. The van der Waals surface area contributed by atoms with E-state index in [0.29, 0.717) is 12.4 Å². The van der Waals surface area contributed by atoms with Crippen molar-refractivity contribution in [3.63, 3.8) is 0 Å². The SMILES string of the molecule is Clc1ccccc1CNc1ccc2nnc(-c3ccccc3)nc2c1. The van der Waals surface area contributed by atoms with E-state index in [1.165, 1.54) is 0 Å². The molecule has 25 heavy (non-hydrogen) atoms. The first kappa shape index (κ1) is 15.5. The maximum atomic E-state index is 6.20. The lowest BCUT2D eigenvalue weighted by Crippen LogP contribution is -2.01. The van der Waals surface area contributed by atoms with E-state index < -0.39 is 0 Å². The monoisotopic (exact) mass is 346 g/mol. The Hall–Kier alpha value is -2.98. The quantitative estimate of drug-likeness (QED) is 0.567. The second-order valence-electron chi connectivity index (χ2n) is 5.65. The predicted octanol–water partition coefficient (Wildman–Crippen LogP) is 4.96. The van der Waals surface area contributed by atoms with Gasteiger partial charge in [-0.2, -0.15) is 0 Å². The van der Waals surface area contributed by atoms with Crippen LogP contribution in [-0.2, 0) is 6.54 Å². The average Bonchev–Trinajstić information content (AvgIpc) is 2.67. The minimum Gasteiger partial charge on any atom is -0.381 e. The largest absolute Gasteiger partial charge is 0.381 e. The zero-order valence-corrected chi connectivity index (χ0v) is 14.1. The first-order chi connectivity index (χ1) is 12.3. The Labute approximate surface area is 150 Å². The van der Waals surface area contributed by atoms with Crippen LogP contribution in [0.2, 0.25) is 5.02 Å². The molecule has 0 aliphatic heterocycles. The third-order valence-corrected chi connectivity index (χ3v) is 4.30. The van der Waals surface area contributed by atoms with Crippen LogP contribution in [0, 0.1) is 0 Å². The minimum atomic E-state index is 0.622. The van der Waals surface area contributed by atoms with Gasteiger partial charge in [0, 0.05) is 22.8 Å². The van der Waals surface area contributed by atoms with Crippen molar-refractivity contribution in [2.24, 2.45) is 0 Å². The highest BCUT2D eigenvalue weighted by atomic mass is 35.5. The van der Waals surface area contributed by atoms with Crippen LogP contribution in [-0.4, -0.2) is 15.2 Å². The summed E-state index contributed by atoms with van der Waals surface area (Å²) in [7, 11) is 0. The number of rotatable bonds is 4. The number of aromatic nitrogens is 3. The van der Waals surface area contributed by atoms with Crippen molar-refractivity contribution in [2.75, 3.05) is 5.32 Å². The molecule has 0 saturated heterocycles. The molecule has 1 heterocycles. The molecule has 0 aliphatic rings. The van der Waals surface area contributed by atoms with Crippen molar-refractivity contribution in [1.82, 2.24) is 15.2 Å². The maximum Gasteiger partial charge on any atom is 0.182 e. The van der Waals surface area contributed by atoms with Crippen LogP contribution < -0.4 is 5.32 Å². The Morgan fingerprint density at radius 1 is 0.800 bits per heavy atom. The third kappa shape index (κ3) is 3.44. The molecule has 0 radical (unpaired) electrons. The molecule has 4 rings (SSSR count). The van der Waals surface area contributed by atoms with Crippen LogP contribution in [0.3, 0.4) is 0 Å². The molecule has 0 bridgehead atoms. The van der Waals surface area contributed by atoms with Gasteiger partial charge in [0.2, 0.25) is 0 Å². The van der Waals surface area contributed by atoms with E-state index in [0.717, 1.165) is 32.9 Å². The lowest BCUT2D eigenvalue weighted by atomic mass is 10.2. The lowest BCUT2D eigenvalue weighted by molar-refractivity contribution is 1.03. The summed E-state index contributed by atoms with van der Waals surface area (Å²) in [4.78, 5) is 4.64. The van der Waals surface area contributed by atoms with Gasteiger partial charge in [0.05, 0.1) is 5.52 Å². The van der Waals surface area contributed by atoms with Crippen LogP contribution in [0.4, 0.5) is 5.69 Å². The van der Waals surface area contributed by atoms with E-state index in [1.54, 1.807) is 0 Å². The number of hydrogen-bond donors (Lipinski definition) is 1. The summed E-state index contributed by atoms with van der Waals surface area (Å²) in [5.41, 5.74) is 4.54. The van der Waals surface area contributed by atoms with Crippen molar-refractivity contribution in [3.05, 3.63) is 83.4 Å². The van der Waals surface area contributed by atoms with Crippen LogP contribution in [0.15, 0.2) is 72.8 Å². The minimum absolute atomic E-state index is 0.622. The molecular formula is C20H15ClN4. The van der Waals surface area contributed by atoms with Gasteiger partial charge in [-0.3, -0.25) is 0 Å². The van der Waals surface area contributed by atoms with Gasteiger partial charge < -0.3 is 5.32 Å². The van der Waals surface area contributed by atoms with E-state index in [2.05, 4.69) is 20.5 Å². The number of fused-ring (bicyclic) bond motifs is 1. The van der Waals surface area contributed by atoms with E-state index in [9.17, 15) is 0 Å². The summed E-state index contributed by atoms with van der Waals surface area (Å²) in [6.45, 7) is 0.648. The highest BCUT2D eigenvalue weighted by Gasteiger charge is 2.05. The lowest BCUT2D eigenvalue weighted by Gasteiger charge is -2.09. The molecule has 5 heteroatoms. The van der Waals surface area contributed by atoms with Gasteiger partial charge in [-0.15, -0.1) is 10.2 Å². The molecular weight excluding hydrogens is 332 g/mol. The number of nitrogens with one attached hydrogen (secondary N) is 1. The van der Waals surface area contributed by atoms with Gasteiger partial charge in [-0.05, 0) is 29.8 Å². The van der Waals surface area contributed by atoms with Gasteiger partial charge in [-0.25, -0.2) is 4.98 Å². The molecule has 0 atom stereocenters. The summed E-state index contributed by atoms with van der Waals surface area (Å²) >= 11 is 6.20. The van der Waals surface area contributed by atoms with Crippen molar-refractivity contribution < 1.29 is 0 Å². The Morgan fingerprint density at radius 2 is 1.60 bits per heavy atom. The molecule has 0 fully saturated rings. The number of halogens is 1. The average molecular weight is 347 g/mol. The maximum absolute atomic E-state index is 6.20. The zero-order chi connectivity index (χ0) is 17.1. The van der Waals surface area contributed by atoms with Gasteiger partial charge >= 0.3 is 0 Å². The smallest absolute Gasteiger partial charge is 0.182 e. The fourth-order valence-corrected chi connectivity index (χ4v) is 2.80. The molecule has 0 spiro atoms. The van der Waals surface area contributed by atoms with Crippen LogP contribution in [0.25, 0.3) is 22.4 Å². The topological polar surface area (TPSA) is 50.7 Å². The second-order valence-corrected chi connectivity index (χ2v) is 6.06. The molecule has 1 aromatic heterocycles. The van der Waals surface area contributed by atoms with Gasteiger partial charge in [0.1, 0.15) is 5.52 Å². The Balaban J connectivity index is 1.61. The molecule has 0 saturated carbocycles. The summed E-state index contributed by atoms with van der Waals surface area (Å²) in [5, 5.41) is 12.6. The molecule has 0 amide bonds. The summed E-state index contributed by atoms with van der Waals surface area (Å²) in [6, 6.07) is 23.5. The highest BCUT2D eigenvalue weighted by Crippen LogP contribution is 2.21. The number of hydrogen-bond acceptors (Lipinski definition) is 4. The van der Waals surface area contributed by atoms with E-state index >= 15 is 0 Å². The van der Waals surface area contributed by atoms with Crippen LogP contribution >= 0.6 is 11.6 Å². The van der Waals surface area contributed by atoms with Crippen LogP contribution in [0.1, 0.15) is 5.56 Å². The van der Waals surface area contributed by atoms with E-state index in [4.69, 9.17) is 11.6 Å². The molecule has 1 N–H and O–H groups in total. The van der Waals surface area contributed by atoms with E-state index in [1.807, 2.05) is 72.8 Å². The summed E-state index contributed by atoms with van der Waals surface area (Å²) < 4.78 is 0. The Kier molecular flexibility index (Phi) is 4.27. The standard InChI is InChI=1S/C20H15ClN4/c21-17-9-5-4-8-15(17)13-22-16-10-11-18-19(12-16)23-20(25-24-18)14-6-2-1-3-7-14/h1-12,22H,13H2. The van der Waals surface area contributed by atoms with Crippen molar-refractivity contribution in [1.29, 1.82) is 0 Å². The second kappa shape index (κ2) is 6.87. The molecule has 0 aliphatic carbocycles. The highest BCUT2D eigenvalue weighted by molar-refractivity contribution is 6.31. The molecule has 0 unspecified atom stereocenters. The fraction of sp³-hybridized carbons (Fsp3) is 0.0500. The zero-order valence-electron chi connectivity index (χ0n) is 13.4. The molecule has 122 valence electrons. The predicted molar refractivity (Wildman–Crippen MR) is 102 cm³/mol. The normalized spacial score (nSPS) is 10.8. The number of nitrogens with zero attached hydrogens (tertiary/aromatic N) is 3. The molecule has 3 aromatic carbocycles. The Morgan fingerprint density at radius 3 is 2.44 bits per heavy atom. The Bertz CT molecular complexity index is 1020. The summed E-state index contributed by atoms with van der Waals surface area (Å²) in [5.74, 6) is 0.622. The molecule has 4 aromatic rings. The van der Waals surface area contributed by atoms with Gasteiger partial charge in [-0.1, -0.05) is 60.1 Å². The van der Waals surface area contributed by atoms with Crippen LogP contribution in [0.5, 0.6) is 0 Å². The van der Waals surface area contributed by atoms with Crippen molar-refractivity contribution in [3.8, 4) is 11.4 Å². The fourth-order valence-electron chi connectivity index (χ4n) is 2.59. The van der Waals surface area contributed by atoms with Gasteiger partial charge in [0.15, 0.2) is 5.82 Å². The third-order valence-electron chi connectivity index (χ3n) is 3.93. The van der Waals surface area contributed by atoms with Crippen molar-refractivity contribution in [2.45, 2.75) is 6.54 Å². The van der Waals surface area contributed by atoms with E-state index in [-0.39, 0.29) is 0 Å². The first-order valence-corrected chi connectivity index (χ1v) is 8.34. The summed E-state index contributed by atoms with van der Waals surface area (Å²) in [6.07, 6.45) is 0. The van der Waals surface area contributed by atoms with Crippen molar-refractivity contribution >= 4 is 28.3 Å². The number of benzene rings is 3. The first-order valence-electron chi connectivity index (χ1n) is 7.97. The van der Waals surface area contributed by atoms with Gasteiger partial charge in [0.25, 0.3) is 0 Å². The molecule has 4 nitrogen and oxygen atoms in total.